The number of hydrogen-bond acceptors (Lipinski definition) is 4. The second kappa shape index (κ2) is 8.42. The maximum atomic E-state index is 12.5. The molecule has 0 fully saturated rings. The molecule has 2 aromatic rings. The number of primary amides is 1. The molecule has 1 aromatic heterocycles. The molecule has 0 radical (unpaired) electrons. The minimum Gasteiger partial charge on any atom is -0.365 e. The zero-order valence-electron chi connectivity index (χ0n) is 14.4. The first-order chi connectivity index (χ1) is 12.8. The van der Waals surface area contributed by atoms with Gasteiger partial charge in [0.1, 0.15) is 5.00 Å². The number of benzene rings is 1. The van der Waals surface area contributed by atoms with E-state index >= 15 is 0 Å². The van der Waals surface area contributed by atoms with Gasteiger partial charge in [0.05, 0.1) is 16.1 Å². The number of hydrogen-bond donors (Lipinski definition) is 3. The maximum Gasteiger partial charge on any atom is 0.258 e. The summed E-state index contributed by atoms with van der Waals surface area (Å²) in [5, 5.41) is 6.61. The largest absolute Gasteiger partial charge is 0.365 e. The number of nitrogens with one attached hydrogen (secondary N) is 2. The van der Waals surface area contributed by atoms with Crippen LogP contribution in [-0.4, -0.2) is 16.9 Å². The lowest BCUT2D eigenvalue weighted by Crippen LogP contribution is -2.34. The van der Waals surface area contributed by atoms with Crippen LogP contribution in [0, 0.1) is 9.49 Å². The van der Waals surface area contributed by atoms with Gasteiger partial charge in [-0.2, -0.15) is 0 Å². The van der Waals surface area contributed by atoms with E-state index in [0.717, 1.165) is 33.3 Å². The molecule has 1 heterocycles. The predicted molar refractivity (Wildman–Crippen MR) is 122 cm³/mol. The Morgan fingerprint density at radius 2 is 2.15 bits per heavy atom. The molecule has 1 unspecified atom stereocenters. The Labute approximate surface area is 185 Å². The molecule has 1 aliphatic rings. The van der Waals surface area contributed by atoms with Gasteiger partial charge in [0, 0.05) is 8.45 Å². The fourth-order valence-electron chi connectivity index (χ4n) is 3.08. The van der Waals surface area contributed by atoms with Gasteiger partial charge in [0.2, 0.25) is 0 Å². The van der Waals surface area contributed by atoms with Crippen LogP contribution in [0.4, 0.5) is 5.00 Å². The maximum absolute atomic E-state index is 12.5. The highest BCUT2D eigenvalue weighted by molar-refractivity contribution is 14.1. The molecule has 1 atom stereocenters. The number of carbonyl (C=O) groups is 2. The van der Waals surface area contributed by atoms with E-state index in [1.807, 2.05) is 6.07 Å². The second-order valence-electron chi connectivity index (χ2n) is 6.45. The summed E-state index contributed by atoms with van der Waals surface area (Å²) in [4.78, 5) is 25.6. The van der Waals surface area contributed by atoms with Gasteiger partial charge in [-0.05, 0) is 83.8 Å². The third kappa shape index (κ3) is 4.61. The van der Waals surface area contributed by atoms with Crippen molar-refractivity contribution < 1.29 is 9.59 Å². The van der Waals surface area contributed by atoms with Crippen LogP contribution in [0.15, 0.2) is 18.2 Å². The molecule has 4 N–H and O–H groups in total. The van der Waals surface area contributed by atoms with E-state index in [1.165, 1.54) is 11.3 Å². The van der Waals surface area contributed by atoms with Gasteiger partial charge >= 0.3 is 0 Å². The van der Waals surface area contributed by atoms with Crippen molar-refractivity contribution in [3.05, 3.63) is 48.4 Å². The number of thiocarbonyl (C=S) groups is 1. The summed E-state index contributed by atoms with van der Waals surface area (Å²) in [5.41, 5.74) is 7.42. The number of anilines is 1. The molecular formula is C18H17ClIN3O2S2. The van der Waals surface area contributed by atoms with Crippen molar-refractivity contribution in [2.24, 2.45) is 11.7 Å². The second-order valence-corrected chi connectivity index (χ2v) is 9.62. The van der Waals surface area contributed by atoms with E-state index < -0.39 is 11.8 Å². The summed E-state index contributed by atoms with van der Waals surface area (Å²) < 4.78 is 0.886. The first-order valence-electron chi connectivity index (χ1n) is 8.28. The fourth-order valence-corrected chi connectivity index (χ4v) is 5.45. The fraction of sp³-hybridized carbons (Fsp3) is 0.278. The monoisotopic (exact) mass is 533 g/mol. The molecular weight excluding hydrogens is 517 g/mol. The molecule has 2 amide bonds. The summed E-state index contributed by atoms with van der Waals surface area (Å²) in [7, 11) is 0. The summed E-state index contributed by atoms with van der Waals surface area (Å²) in [6, 6.07) is 5.15. The molecule has 0 aliphatic heterocycles. The van der Waals surface area contributed by atoms with Crippen molar-refractivity contribution in [1.82, 2.24) is 5.32 Å². The Hall–Kier alpha value is -1.23. The quantitative estimate of drug-likeness (QED) is 0.404. The van der Waals surface area contributed by atoms with Crippen molar-refractivity contribution in [3.8, 4) is 0 Å². The molecule has 1 aliphatic carbocycles. The Balaban J connectivity index is 1.79. The first-order valence-corrected chi connectivity index (χ1v) is 11.0. The van der Waals surface area contributed by atoms with Crippen LogP contribution >= 0.6 is 57.7 Å². The van der Waals surface area contributed by atoms with Crippen LogP contribution in [0.25, 0.3) is 0 Å². The highest BCUT2D eigenvalue weighted by atomic mass is 127. The standard InChI is InChI=1S/C18H17ClIN3O2S2/c1-8-2-4-10-13(6-8)27-17(14(10)15(21)24)23-18(26)22-16(25)11-7-9(20)3-5-12(11)19/h3,5,7-8H,2,4,6H2,1H3,(H2,21,24)(H2,22,23,25,26). The Bertz CT molecular complexity index is 945. The SMILES string of the molecule is CC1CCc2c(sc(NC(=S)NC(=O)c3cc(I)ccc3Cl)c2C(N)=O)C1. The van der Waals surface area contributed by atoms with Crippen molar-refractivity contribution in [2.45, 2.75) is 26.2 Å². The van der Waals surface area contributed by atoms with Gasteiger partial charge in [-0.15, -0.1) is 11.3 Å². The van der Waals surface area contributed by atoms with Crippen LogP contribution in [0.3, 0.4) is 0 Å². The number of amides is 2. The summed E-state index contributed by atoms with van der Waals surface area (Å²) in [5.74, 6) is -0.329. The number of rotatable bonds is 3. The van der Waals surface area contributed by atoms with Crippen molar-refractivity contribution in [2.75, 3.05) is 5.32 Å². The van der Waals surface area contributed by atoms with E-state index in [-0.39, 0.29) is 5.11 Å². The van der Waals surface area contributed by atoms with Crippen LogP contribution in [0.5, 0.6) is 0 Å². The van der Waals surface area contributed by atoms with Gasteiger partial charge < -0.3 is 11.1 Å². The highest BCUT2D eigenvalue weighted by Crippen LogP contribution is 2.39. The molecule has 9 heteroatoms. The van der Waals surface area contributed by atoms with Gasteiger partial charge in [0.15, 0.2) is 5.11 Å². The lowest BCUT2D eigenvalue weighted by molar-refractivity contribution is 0.0975. The predicted octanol–water partition coefficient (Wildman–Crippen LogP) is 4.36. The lowest BCUT2D eigenvalue weighted by atomic mass is 9.88. The van der Waals surface area contributed by atoms with Gasteiger partial charge in [-0.25, -0.2) is 0 Å². The third-order valence-electron chi connectivity index (χ3n) is 4.39. The molecule has 0 saturated heterocycles. The van der Waals surface area contributed by atoms with E-state index in [4.69, 9.17) is 29.6 Å². The molecule has 142 valence electrons. The topological polar surface area (TPSA) is 84.2 Å². The molecule has 5 nitrogen and oxygen atoms in total. The summed E-state index contributed by atoms with van der Waals surface area (Å²) in [6.07, 6.45) is 2.76. The molecule has 27 heavy (non-hydrogen) atoms. The number of thiophene rings is 1. The first kappa shape index (κ1) is 20.5. The Morgan fingerprint density at radius 1 is 1.41 bits per heavy atom. The molecule has 0 saturated carbocycles. The number of halogens is 2. The molecule has 0 bridgehead atoms. The summed E-state index contributed by atoms with van der Waals surface area (Å²) in [6.45, 7) is 2.19. The van der Waals surface area contributed by atoms with E-state index in [1.54, 1.807) is 12.1 Å². The average Bonchev–Trinajstić information content (AvgIpc) is 2.93. The van der Waals surface area contributed by atoms with Crippen LogP contribution in [-0.2, 0) is 12.8 Å². The zero-order chi connectivity index (χ0) is 19.7. The minimum absolute atomic E-state index is 0.101. The van der Waals surface area contributed by atoms with Crippen molar-refractivity contribution in [3.63, 3.8) is 0 Å². The van der Waals surface area contributed by atoms with Crippen LogP contribution < -0.4 is 16.4 Å². The number of nitrogens with two attached hydrogens (primary N) is 1. The number of carbonyl (C=O) groups excluding carboxylic acids is 2. The number of fused-ring (bicyclic) bond motifs is 1. The van der Waals surface area contributed by atoms with Crippen LogP contribution in [0.1, 0.15) is 44.5 Å². The van der Waals surface area contributed by atoms with Gasteiger partial charge in [-0.3, -0.25) is 14.9 Å². The molecule has 0 spiro atoms. The Kier molecular flexibility index (Phi) is 6.39. The van der Waals surface area contributed by atoms with Crippen molar-refractivity contribution >= 4 is 79.7 Å². The van der Waals surface area contributed by atoms with Crippen molar-refractivity contribution in [1.29, 1.82) is 0 Å². The van der Waals surface area contributed by atoms with E-state index in [0.29, 0.717) is 27.1 Å². The average molecular weight is 534 g/mol. The van der Waals surface area contributed by atoms with Gasteiger partial charge in [-0.1, -0.05) is 18.5 Å². The lowest BCUT2D eigenvalue weighted by Gasteiger charge is -2.18. The molecule has 3 rings (SSSR count). The minimum atomic E-state index is -0.487. The smallest absolute Gasteiger partial charge is 0.258 e. The van der Waals surface area contributed by atoms with E-state index in [2.05, 4.69) is 40.1 Å². The third-order valence-corrected chi connectivity index (χ3v) is 6.76. The molecule has 1 aromatic carbocycles. The normalized spacial score (nSPS) is 15.7. The van der Waals surface area contributed by atoms with Gasteiger partial charge in [0.25, 0.3) is 11.8 Å². The highest BCUT2D eigenvalue weighted by Gasteiger charge is 2.27. The zero-order valence-corrected chi connectivity index (χ0v) is 18.9. The summed E-state index contributed by atoms with van der Waals surface area (Å²) >= 11 is 14.9. The Morgan fingerprint density at radius 3 is 2.85 bits per heavy atom. The van der Waals surface area contributed by atoms with E-state index in [9.17, 15) is 9.59 Å². The van der Waals surface area contributed by atoms with Crippen LogP contribution in [0.2, 0.25) is 5.02 Å².